The highest BCUT2D eigenvalue weighted by Gasteiger charge is 2.12. The zero-order valence-corrected chi connectivity index (χ0v) is 17.3. The summed E-state index contributed by atoms with van der Waals surface area (Å²) < 4.78 is 10.6. The average molecular weight is 397 g/mol. The highest BCUT2D eigenvalue weighted by Crippen LogP contribution is 2.24. The second-order valence-electron chi connectivity index (χ2n) is 7.03. The minimum atomic E-state index is -0.612. The number of carbonyl (C=O) groups is 3. The first kappa shape index (κ1) is 22.1. The summed E-state index contributed by atoms with van der Waals surface area (Å²) in [4.78, 5) is 35.5. The highest BCUT2D eigenvalue weighted by atomic mass is 16.6. The fourth-order valence-corrected chi connectivity index (χ4v) is 2.53. The Morgan fingerprint density at radius 3 is 2.31 bits per heavy atom. The number of nitrogens with one attached hydrogen (secondary N) is 1. The summed E-state index contributed by atoms with van der Waals surface area (Å²) in [6.45, 7) is 7.19. The molecule has 1 N–H and O–H groups in total. The molecule has 2 aromatic rings. The lowest BCUT2D eigenvalue weighted by Gasteiger charge is -2.12. The first-order valence-corrected chi connectivity index (χ1v) is 9.62. The number of carbonyl (C=O) groups excluding carboxylic acids is 3. The molecule has 6 heteroatoms. The molecular formula is C23H27NO5. The number of hydrogen-bond acceptors (Lipinski definition) is 5. The van der Waals surface area contributed by atoms with Crippen LogP contribution in [0.25, 0.3) is 0 Å². The predicted molar refractivity (Wildman–Crippen MR) is 111 cm³/mol. The van der Waals surface area contributed by atoms with Crippen molar-refractivity contribution in [2.45, 2.75) is 40.0 Å². The van der Waals surface area contributed by atoms with Crippen LogP contribution in [0.15, 0.2) is 42.5 Å². The van der Waals surface area contributed by atoms with Crippen molar-refractivity contribution in [3.63, 3.8) is 0 Å². The van der Waals surface area contributed by atoms with E-state index in [-0.39, 0.29) is 24.9 Å². The Balaban J connectivity index is 1.84. The molecule has 29 heavy (non-hydrogen) atoms. The number of rotatable bonds is 9. The number of ketones is 1. The molecule has 0 atom stereocenters. The van der Waals surface area contributed by atoms with Gasteiger partial charge in [-0.15, -0.1) is 0 Å². The van der Waals surface area contributed by atoms with Crippen molar-refractivity contribution < 1.29 is 23.9 Å². The number of hydrogen-bond donors (Lipinski definition) is 1. The van der Waals surface area contributed by atoms with Crippen LogP contribution in [0.2, 0.25) is 0 Å². The largest absolute Gasteiger partial charge is 0.482 e. The van der Waals surface area contributed by atoms with Crippen molar-refractivity contribution in [3.05, 3.63) is 59.2 Å². The molecule has 0 aliphatic heterocycles. The lowest BCUT2D eigenvalue weighted by Crippen LogP contribution is -2.20. The van der Waals surface area contributed by atoms with E-state index >= 15 is 0 Å². The van der Waals surface area contributed by atoms with Gasteiger partial charge in [0.2, 0.25) is 5.91 Å². The van der Waals surface area contributed by atoms with Gasteiger partial charge in [-0.2, -0.15) is 0 Å². The van der Waals surface area contributed by atoms with Crippen LogP contribution >= 0.6 is 0 Å². The number of amides is 1. The van der Waals surface area contributed by atoms with Crippen molar-refractivity contribution in [3.8, 4) is 5.75 Å². The molecule has 0 aromatic heterocycles. The molecule has 0 fully saturated rings. The van der Waals surface area contributed by atoms with Crippen LogP contribution in [0.4, 0.5) is 5.69 Å². The normalized spacial score (nSPS) is 10.5. The van der Waals surface area contributed by atoms with Gasteiger partial charge < -0.3 is 14.8 Å². The third-order valence-electron chi connectivity index (χ3n) is 4.40. The Labute approximate surface area is 171 Å². The van der Waals surface area contributed by atoms with Crippen LogP contribution in [0.5, 0.6) is 5.75 Å². The van der Waals surface area contributed by atoms with Gasteiger partial charge in [0.15, 0.2) is 19.0 Å². The fraction of sp³-hybridized carbons (Fsp3) is 0.348. The maximum atomic E-state index is 12.2. The van der Waals surface area contributed by atoms with Gasteiger partial charge in [-0.3, -0.25) is 9.59 Å². The van der Waals surface area contributed by atoms with Crippen molar-refractivity contribution in [2.75, 3.05) is 18.5 Å². The molecule has 154 valence electrons. The zero-order valence-electron chi connectivity index (χ0n) is 17.3. The van der Waals surface area contributed by atoms with Crippen molar-refractivity contribution in [1.29, 1.82) is 0 Å². The Kier molecular flexibility index (Phi) is 7.95. The molecule has 0 radical (unpaired) electrons. The van der Waals surface area contributed by atoms with E-state index in [9.17, 15) is 14.4 Å². The number of aryl methyl sites for hydroxylation is 1. The summed E-state index contributed by atoms with van der Waals surface area (Å²) in [5.74, 6) is -0.0650. The molecule has 0 heterocycles. The summed E-state index contributed by atoms with van der Waals surface area (Å²) in [7, 11) is 0. The SMILES string of the molecule is CCC(=O)Nc1ccc(C(=O)COC(=O)COc2cc(C(C)C)ccc2C)cc1. The molecule has 0 saturated heterocycles. The second-order valence-corrected chi connectivity index (χ2v) is 7.03. The molecule has 6 nitrogen and oxygen atoms in total. The zero-order chi connectivity index (χ0) is 21.4. The lowest BCUT2D eigenvalue weighted by molar-refractivity contribution is -0.144. The maximum absolute atomic E-state index is 12.2. The molecule has 2 aromatic carbocycles. The lowest BCUT2D eigenvalue weighted by atomic mass is 10.0. The van der Waals surface area contributed by atoms with E-state index in [0.29, 0.717) is 29.3 Å². The summed E-state index contributed by atoms with van der Waals surface area (Å²) in [6, 6.07) is 12.3. The fourth-order valence-electron chi connectivity index (χ4n) is 2.53. The number of ether oxygens (including phenoxy) is 2. The first-order valence-electron chi connectivity index (χ1n) is 9.62. The molecule has 0 unspecified atom stereocenters. The summed E-state index contributed by atoms with van der Waals surface area (Å²) in [6.07, 6.45) is 0.375. The van der Waals surface area contributed by atoms with Crippen LogP contribution in [0.3, 0.4) is 0 Å². The minimum absolute atomic E-state index is 0.104. The Morgan fingerprint density at radius 2 is 1.69 bits per heavy atom. The molecule has 0 aliphatic rings. The standard InChI is InChI=1S/C23H27NO5/c1-5-22(26)24-19-10-8-17(9-11-19)20(25)13-29-23(27)14-28-21-12-18(15(2)3)7-6-16(21)4/h6-12,15H,5,13-14H2,1-4H3,(H,24,26). The quantitative estimate of drug-likeness (QED) is 0.505. The van der Waals surface area contributed by atoms with Crippen molar-refractivity contribution in [1.82, 2.24) is 0 Å². The van der Waals surface area contributed by atoms with E-state index in [0.717, 1.165) is 11.1 Å². The van der Waals surface area contributed by atoms with Crippen LogP contribution in [-0.2, 0) is 14.3 Å². The maximum Gasteiger partial charge on any atom is 0.344 e. The highest BCUT2D eigenvalue weighted by molar-refractivity contribution is 5.98. The van der Waals surface area contributed by atoms with E-state index in [1.54, 1.807) is 31.2 Å². The van der Waals surface area contributed by atoms with E-state index < -0.39 is 5.97 Å². The van der Waals surface area contributed by atoms with Crippen LogP contribution < -0.4 is 10.1 Å². The predicted octanol–water partition coefficient (Wildman–Crippen LogP) is 4.27. The van der Waals surface area contributed by atoms with Gasteiger partial charge in [-0.1, -0.05) is 32.9 Å². The van der Waals surface area contributed by atoms with Gasteiger partial charge >= 0.3 is 5.97 Å². The van der Waals surface area contributed by atoms with Gasteiger partial charge in [0.1, 0.15) is 5.75 Å². The van der Waals surface area contributed by atoms with Crippen molar-refractivity contribution in [2.24, 2.45) is 0 Å². The molecular weight excluding hydrogens is 370 g/mol. The summed E-state index contributed by atoms with van der Waals surface area (Å²) >= 11 is 0. The van der Waals surface area contributed by atoms with Gasteiger partial charge in [-0.25, -0.2) is 4.79 Å². The molecule has 1 amide bonds. The third-order valence-corrected chi connectivity index (χ3v) is 4.40. The van der Waals surface area contributed by atoms with Gasteiger partial charge in [0, 0.05) is 17.7 Å². The van der Waals surface area contributed by atoms with Crippen LogP contribution in [0.1, 0.15) is 54.6 Å². The van der Waals surface area contributed by atoms with E-state index in [4.69, 9.17) is 9.47 Å². The Hall–Kier alpha value is -3.15. The number of esters is 1. The van der Waals surface area contributed by atoms with Crippen LogP contribution in [0, 0.1) is 6.92 Å². The Bertz CT molecular complexity index is 871. The first-order chi connectivity index (χ1) is 13.8. The van der Waals surface area contributed by atoms with E-state index in [1.165, 1.54) is 0 Å². The van der Waals surface area contributed by atoms with Gasteiger partial charge in [-0.05, 0) is 54.3 Å². The number of anilines is 1. The number of Topliss-reactive ketones (excluding diaryl/α,β-unsaturated/α-hetero) is 1. The molecule has 0 saturated carbocycles. The second kappa shape index (κ2) is 10.4. The van der Waals surface area contributed by atoms with Gasteiger partial charge in [0.25, 0.3) is 0 Å². The molecule has 0 spiro atoms. The van der Waals surface area contributed by atoms with Crippen LogP contribution in [-0.4, -0.2) is 30.9 Å². The third kappa shape index (κ3) is 6.75. The minimum Gasteiger partial charge on any atom is -0.482 e. The monoisotopic (exact) mass is 397 g/mol. The van der Waals surface area contributed by atoms with Crippen molar-refractivity contribution >= 4 is 23.3 Å². The summed E-state index contributed by atoms with van der Waals surface area (Å²) in [5.41, 5.74) is 3.05. The molecule has 0 aliphatic carbocycles. The van der Waals surface area contributed by atoms with Gasteiger partial charge in [0.05, 0.1) is 0 Å². The number of benzene rings is 2. The van der Waals surface area contributed by atoms with E-state index in [1.807, 2.05) is 25.1 Å². The molecule has 0 bridgehead atoms. The Morgan fingerprint density at radius 1 is 1.00 bits per heavy atom. The topological polar surface area (TPSA) is 81.7 Å². The van der Waals surface area contributed by atoms with E-state index in [2.05, 4.69) is 19.2 Å². The smallest absolute Gasteiger partial charge is 0.344 e. The average Bonchev–Trinajstić information content (AvgIpc) is 2.71. The summed E-state index contributed by atoms with van der Waals surface area (Å²) in [5, 5.41) is 2.70. The molecule has 2 rings (SSSR count).